The summed E-state index contributed by atoms with van der Waals surface area (Å²) in [5, 5.41) is 8.44. The van der Waals surface area contributed by atoms with Crippen molar-refractivity contribution in [3.05, 3.63) is 12.2 Å². The van der Waals surface area contributed by atoms with Crippen molar-refractivity contribution in [2.75, 3.05) is 28.2 Å². The lowest BCUT2D eigenvalue weighted by Gasteiger charge is -2.19. The normalized spacial score (nSPS) is 13.9. The Labute approximate surface area is 90.7 Å². The number of hydrogen-bond donors (Lipinski definition) is 1. The lowest BCUT2D eigenvalue weighted by Crippen LogP contribution is -2.26. The quantitative estimate of drug-likeness (QED) is 0.396. The van der Waals surface area contributed by atoms with Crippen LogP contribution in [0.1, 0.15) is 6.42 Å². The third-order valence-electron chi connectivity index (χ3n) is 1.67. The molecule has 0 spiro atoms. The summed E-state index contributed by atoms with van der Waals surface area (Å²) in [4.78, 5) is 18.4. The molecule has 1 N–H and O–H groups in total. The van der Waals surface area contributed by atoms with Crippen LogP contribution in [0.4, 0.5) is 0 Å². The Hall–Kier alpha value is -1.36. The van der Waals surface area contributed by atoms with Crippen molar-refractivity contribution >= 4 is 12.3 Å². The average Bonchev–Trinajstić information content (AvgIpc) is 2.09. The molecule has 0 heterocycles. The molecule has 0 aliphatic carbocycles. The van der Waals surface area contributed by atoms with E-state index < -0.39 is 5.97 Å². The minimum absolute atomic E-state index is 0.0250. The van der Waals surface area contributed by atoms with E-state index in [1.807, 2.05) is 38.0 Å². The van der Waals surface area contributed by atoms with Gasteiger partial charge in [-0.25, -0.2) is 4.79 Å². The van der Waals surface area contributed by atoms with Crippen LogP contribution in [0.3, 0.4) is 0 Å². The highest BCUT2D eigenvalue weighted by Gasteiger charge is 2.06. The molecular formula is C10H19N3O2. The van der Waals surface area contributed by atoms with Crippen LogP contribution in [-0.4, -0.2) is 61.6 Å². The monoisotopic (exact) mass is 213 g/mol. The Morgan fingerprint density at radius 3 is 2.40 bits per heavy atom. The van der Waals surface area contributed by atoms with E-state index in [9.17, 15) is 4.79 Å². The zero-order chi connectivity index (χ0) is 11.8. The molecule has 0 saturated heterocycles. The Morgan fingerprint density at radius 1 is 1.40 bits per heavy atom. The van der Waals surface area contributed by atoms with Gasteiger partial charge >= 0.3 is 5.97 Å². The van der Waals surface area contributed by atoms with Crippen LogP contribution >= 0.6 is 0 Å². The third-order valence-corrected chi connectivity index (χ3v) is 1.67. The molecule has 0 aromatic rings. The molecule has 0 aliphatic rings. The first-order valence-electron chi connectivity index (χ1n) is 4.69. The minimum Gasteiger partial charge on any atom is -0.478 e. The van der Waals surface area contributed by atoms with Crippen molar-refractivity contribution in [1.82, 2.24) is 9.80 Å². The molecule has 0 aromatic heterocycles. The number of rotatable bonds is 6. The molecule has 5 nitrogen and oxygen atoms in total. The maximum Gasteiger partial charge on any atom is 0.327 e. The van der Waals surface area contributed by atoms with Crippen LogP contribution in [0.5, 0.6) is 0 Å². The molecule has 0 radical (unpaired) electrons. The van der Waals surface area contributed by atoms with Crippen LogP contribution in [0.2, 0.25) is 0 Å². The van der Waals surface area contributed by atoms with E-state index in [-0.39, 0.29) is 6.17 Å². The number of hydrogen-bond acceptors (Lipinski definition) is 3. The number of carboxylic acid groups (broad SMARTS) is 1. The van der Waals surface area contributed by atoms with Gasteiger partial charge in [0.1, 0.15) is 6.17 Å². The van der Waals surface area contributed by atoms with Gasteiger partial charge in [-0.2, -0.15) is 0 Å². The second-order valence-electron chi connectivity index (χ2n) is 3.65. The summed E-state index contributed by atoms with van der Waals surface area (Å²) >= 11 is 0. The molecule has 0 amide bonds. The molecule has 1 unspecified atom stereocenters. The summed E-state index contributed by atoms with van der Waals surface area (Å²) in [7, 11) is 7.60. The smallest absolute Gasteiger partial charge is 0.327 e. The molecule has 1 atom stereocenters. The second kappa shape index (κ2) is 7.00. The molecule has 0 aromatic carbocycles. The summed E-state index contributed by atoms with van der Waals surface area (Å²) < 4.78 is 0. The predicted octanol–water partition coefficient (Wildman–Crippen LogP) is 0.495. The molecule has 0 bridgehead atoms. The van der Waals surface area contributed by atoms with Crippen LogP contribution < -0.4 is 0 Å². The molecule has 0 rings (SSSR count). The summed E-state index contributed by atoms with van der Waals surface area (Å²) in [6, 6.07) is 0. The number of nitrogens with zero attached hydrogens (tertiary/aromatic N) is 3. The topological polar surface area (TPSA) is 56.1 Å². The van der Waals surface area contributed by atoms with E-state index in [4.69, 9.17) is 5.11 Å². The second-order valence-corrected chi connectivity index (χ2v) is 3.65. The lowest BCUT2D eigenvalue weighted by molar-refractivity contribution is -0.131. The van der Waals surface area contributed by atoms with E-state index in [0.29, 0.717) is 6.42 Å². The van der Waals surface area contributed by atoms with Crippen molar-refractivity contribution in [2.24, 2.45) is 4.99 Å². The van der Waals surface area contributed by atoms with Crippen molar-refractivity contribution in [1.29, 1.82) is 0 Å². The first-order chi connectivity index (χ1) is 6.93. The molecule has 86 valence electrons. The first-order valence-corrected chi connectivity index (χ1v) is 4.69. The number of carbonyl (C=O) groups is 1. The van der Waals surface area contributed by atoms with Gasteiger partial charge in [0, 0.05) is 26.6 Å². The SMILES string of the molecule is CN(C)C=NC(CC=CC(=O)O)N(C)C. The van der Waals surface area contributed by atoms with Crippen LogP contribution in [0.15, 0.2) is 17.1 Å². The number of aliphatic imine (C=N–C) groups is 1. The molecule has 0 aliphatic heterocycles. The van der Waals surface area contributed by atoms with Gasteiger partial charge in [0.05, 0.1) is 6.34 Å². The van der Waals surface area contributed by atoms with Crippen molar-refractivity contribution in [2.45, 2.75) is 12.6 Å². The van der Waals surface area contributed by atoms with Crippen molar-refractivity contribution in [3.8, 4) is 0 Å². The molecule has 5 heteroatoms. The van der Waals surface area contributed by atoms with Gasteiger partial charge in [-0.3, -0.25) is 9.89 Å². The van der Waals surface area contributed by atoms with Gasteiger partial charge in [0.2, 0.25) is 0 Å². The molecular weight excluding hydrogens is 194 g/mol. The highest BCUT2D eigenvalue weighted by molar-refractivity contribution is 5.79. The van der Waals surface area contributed by atoms with E-state index in [0.717, 1.165) is 6.08 Å². The Balaban J connectivity index is 4.23. The summed E-state index contributed by atoms with van der Waals surface area (Å²) in [5.74, 6) is -0.927. The lowest BCUT2D eigenvalue weighted by atomic mass is 10.3. The van der Waals surface area contributed by atoms with Gasteiger partial charge in [-0.05, 0) is 14.1 Å². The van der Waals surface area contributed by atoms with Gasteiger partial charge in [-0.1, -0.05) is 6.08 Å². The molecule has 0 fully saturated rings. The van der Waals surface area contributed by atoms with E-state index in [1.165, 1.54) is 0 Å². The standard InChI is InChI=1S/C10H19N3O2/c1-12(2)8-11-9(13(3)4)6-5-7-10(14)15/h5,7-9H,6H2,1-4H3,(H,14,15). The van der Waals surface area contributed by atoms with Crippen molar-refractivity contribution in [3.63, 3.8) is 0 Å². The average molecular weight is 213 g/mol. The van der Waals surface area contributed by atoms with Gasteiger partial charge in [-0.15, -0.1) is 0 Å². The van der Waals surface area contributed by atoms with Gasteiger partial charge in [0.25, 0.3) is 0 Å². The molecule has 0 saturated carbocycles. The fraction of sp³-hybridized carbons (Fsp3) is 0.600. The summed E-state index contributed by atoms with van der Waals surface area (Å²) in [6.07, 6.45) is 5.04. The van der Waals surface area contributed by atoms with E-state index in [1.54, 1.807) is 12.4 Å². The van der Waals surface area contributed by atoms with Crippen LogP contribution in [-0.2, 0) is 4.79 Å². The first kappa shape index (κ1) is 13.6. The maximum absolute atomic E-state index is 10.3. The van der Waals surface area contributed by atoms with E-state index in [2.05, 4.69) is 4.99 Å². The zero-order valence-corrected chi connectivity index (χ0v) is 9.71. The largest absolute Gasteiger partial charge is 0.478 e. The van der Waals surface area contributed by atoms with Gasteiger partial charge < -0.3 is 10.0 Å². The Bertz CT molecular complexity index is 247. The molecule has 15 heavy (non-hydrogen) atoms. The Kier molecular flexibility index (Phi) is 6.37. The third kappa shape index (κ3) is 7.69. The number of carboxylic acids is 1. The Morgan fingerprint density at radius 2 is 2.00 bits per heavy atom. The minimum atomic E-state index is -0.927. The fourth-order valence-corrected chi connectivity index (χ4v) is 0.906. The van der Waals surface area contributed by atoms with E-state index >= 15 is 0 Å². The summed E-state index contributed by atoms with van der Waals surface area (Å²) in [6.45, 7) is 0. The number of aliphatic carboxylic acids is 1. The van der Waals surface area contributed by atoms with Crippen molar-refractivity contribution < 1.29 is 9.90 Å². The zero-order valence-electron chi connectivity index (χ0n) is 9.71. The maximum atomic E-state index is 10.3. The predicted molar refractivity (Wildman–Crippen MR) is 61.0 cm³/mol. The van der Waals surface area contributed by atoms with Crippen LogP contribution in [0, 0.1) is 0 Å². The summed E-state index contributed by atoms with van der Waals surface area (Å²) in [5.41, 5.74) is 0. The highest BCUT2D eigenvalue weighted by Crippen LogP contribution is 2.02. The van der Waals surface area contributed by atoms with Crippen LogP contribution in [0.25, 0.3) is 0 Å². The van der Waals surface area contributed by atoms with Gasteiger partial charge in [0.15, 0.2) is 0 Å². The highest BCUT2D eigenvalue weighted by atomic mass is 16.4. The fourth-order valence-electron chi connectivity index (χ4n) is 0.906.